The zero-order valence-electron chi connectivity index (χ0n) is 12.9. The SMILES string of the molecule is C/C=C\C=C(\C=O)SCCCC.CNCCCPC. The van der Waals surface area contributed by atoms with Gasteiger partial charge in [0.2, 0.25) is 0 Å². The Labute approximate surface area is 125 Å². The molecule has 0 aliphatic heterocycles. The average molecular weight is 303 g/mol. The van der Waals surface area contributed by atoms with Crippen LogP contribution in [0.15, 0.2) is 23.1 Å². The molecule has 0 amide bonds. The Balaban J connectivity index is 0. The molecular weight excluding hydrogens is 273 g/mol. The van der Waals surface area contributed by atoms with Crippen molar-refractivity contribution >= 4 is 26.6 Å². The number of rotatable bonds is 10. The Morgan fingerprint density at radius 1 is 1.37 bits per heavy atom. The molecule has 1 atom stereocenters. The summed E-state index contributed by atoms with van der Waals surface area (Å²) in [6.45, 7) is 7.52. The van der Waals surface area contributed by atoms with E-state index in [-0.39, 0.29) is 0 Å². The maximum atomic E-state index is 10.5. The average Bonchev–Trinajstić information content (AvgIpc) is 2.44. The first-order valence-corrected chi connectivity index (χ1v) is 9.66. The first kappa shape index (κ1) is 21.2. The molecule has 0 aliphatic carbocycles. The van der Waals surface area contributed by atoms with Crippen LogP contribution in [0.4, 0.5) is 0 Å². The second-order valence-electron chi connectivity index (χ2n) is 3.98. The zero-order valence-corrected chi connectivity index (χ0v) is 14.7. The summed E-state index contributed by atoms with van der Waals surface area (Å²) in [5.41, 5.74) is 0. The van der Waals surface area contributed by atoms with Crippen LogP contribution in [0.2, 0.25) is 0 Å². The topological polar surface area (TPSA) is 29.1 Å². The Kier molecular flexibility index (Phi) is 22.5. The summed E-state index contributed by atoms with van der Waals surface area (Å²) >= 11 is 1.63. The molecule has 4 heteroatoms. The number of allylic oxidation sites excluding steroid dienone is 4. The lowest BCUT2D eigenvalue weighted by atomic mass is 10.4. The summed E-state index contributed by atoms with van der Waals surface area (Å²) in [4.78, 5) is 11.3. The van der Waals surface area contributed by atoms with Crippen molar-refractivity contribution in [2.24, 2.45) is 0 Å². The minimum atomic E-state index is 0.821. The van der Waals surface area contributed by atoms with Crippen LogP contribution in [0, 0.1) is 0 Å². The number of aldehydes is 1. The van der Waals surface area contributed by atoms with E-state index < -0.39 is 0 Å². The summed E-state index contributed by atoms with van der Waals surface area (Å²) in [6, 6.07) is 0. The third-order valence-corrected chi connectivity index (χ3v) is 4.10. The Morgan fingerprint density at radius 3 is 2.58 bits per heavy atom. The minimum absolute atomic E-state index is 0.821. The van der Waals surface area contributed by atoms with Gasteiger partial charge in [-0.15, -0.1) is 20.3 Å². The fourth-order valence-electron chi connectivity index (χ4n) is 1.09. The highest BCUT2D eigenvalue weighted by Crippen LogP contribution is 2.14. The van der Waals surface area contributed by atoms with Gasteiger partial charge < -0.3 is 5.32 Å². The van der Waals surface area contributed by atoms with Crippen molar-refractivity contribution in [1.82, 2.24) is 5.32 Å². The molecule has 1 unspecified atom stereocenters. The summed E-state index contributed by atoms with van der Waals surface area (Å²) in [5, 5.41) is 3.11. The van der Waals surface area contributed by atoms with Crippen LogP contribution >= 0.6 is 20.3 Å². The Hall–Kier alpha value is -0.110. The van der Waals surface area contributed by atoms with Crippen LogP contribution in [0.1, 0.15) is 33.1 Å². The fraction of sp³-hybridized carbons (Fsp3) is 0.667. The minimum Gasteiger partial charge on any atom is -0.320 e. The Morgan fingerprint density at radius 2 is 2.11 bits per heavy atom. The first-order valence-electron chi connectivity index (χ1n) is 6.96. The lowest BCUT2D eigenvalue weighted by molar-refractivity contribution is -0.104. The molecule has 1 N–H and O–H groups in total. The third-order valence-electron chi connectivity index (χ3n) is 2.19. The molecule has 0 spiro atoms. The van der Waals surface area contributed by atoms with Crippen molar-refractivity contribution in [2.45, 2.75) is 33.1 Å². The van der Waals surface area contributed by atoms with Gasteiger partial charge in [-0.1, -0.05) is 25.5 Å². The van der Waals surface area contributed by atoms with E-state index >= 15 is 0 Å². The molecule has 0 radical (unpaired) electrons. The summed E-state index contributed by atoms with van der Waals surface area (Å²) in [5.74, 6) is 1.04. The molecule has 0 heterocycles. The van der Waals surface area contributed by atoms with E-state index in [1.54, 1.807) is 11.8 Å². The van der Waals surface area contributed by atoms with E-state index in [9.17, 15) is 4.79 Å². The molecule has 0 fully saturated rings. The van der Waals surface area contributed by atoms with Gasteiger partial charge in [0.05, 0.1) is 0 Å². The molecule has 19 heavy (non-hydrogen) atoms. The predicted molar refractivity (Wildman–Crippen MR) is 94.0 cm³/mol. The number of nitrogens with one attached hydrogen (secondary N) is 1. The van der Waals surface area contributed by atoms with Gasteiger partial charge in [-0.05, 0) is 58.0 Å². The first-order chi connectivity index (χ1) is 9.26. The van der Waals surface area contributed by atoms with Crippen molar-refractivity contribution in [3.8, 4) is 0 Å². The van der Waals surface area contributed by atoms with Crippen molar-refractivity contribution < 1.29 is 4.79 Å². The second-order valence-corrected chi connectivity index (χ2v) is 6.35. The largest absolute Gasteiger partial charge is 0.320 e. The number of hydrogen-bond donors (Lipinski definition) is 1. The van der Waals surface area contributed by atoms with Crippen LogP contribution < -0.4 is 5.32 Å². The van der Waals surface area contributed by atoms with E-state index in [1.165, 1.54) is 32.0 Å². The molecule has 0 aliphatic rings. The molecule has 0 saturated heterocycles. The van der Waals surface area contributed by atoms with E-state index in [2.05, 4.69) is 18.9 Å². The third kappa shape index (κ3) is 20.4. The number of thioether (sulfide) groups is 1. The van der Waals surface area contributed by atoms with Crippen LogP contribution in [0.5, 0.6) is 0 Å². The van der Waals surface area contributed by atoms with Gasteiger partial charge in [0.15, 0.2) is 6.29 Å². The lowest BCUT2D eigenvalue weighted by Crippen LogP contribution is -2.07. The monoisotopic (exact) mass is 303 g/mol. The molecule has 0 saturated carbocycles. The van der Waals surface area contributed by atoms with Gasteiger partial charge in [-0.2, -0.15) is 0 Å². The molecular formula is C15H30NOPS. The van der Waals surface area contributed by atoms with Crippen LogP contribution in [-0.2, 0) is 4.79 Å². The van der Waals surface area contributed by atoms with E-state index in [0.717, 1.165) is 25.5 Å². The maximum absolute atomic E-state index is 10.5. The molecule has 0 rings (SSSR count). The van der Waals surface area contributed by atoms with Crippen LogP contribution in [-0.4, -0.2) is 38.5 Å². The predicted octanol–water partition coefficient (Wildman–Crippen LogP) is 4.08. The quantitative estimate of drug-likeness (QED) is 0.217. The highest BCUT2D eigenvalue weighted by molar-refractivity contribution is 8.03. The number of unbranched alkanes of at least 4 members (excludes halogenated alkanes) is 1. The summed E-state index contributed by atoms with van der Waals surface area (Å²) in [7, 11) is 3.13. The van der Waals surface area contributed by atoms with Crippen molar-refractivity contribution in [3.05, 3.63) is 23.1 Å². The van der Waals surface area contributed by atoms with E-state index in [0.29, 0.717) is 0 Å². The van der Waals surface area contributed by atoms with Crippen molar-refractivity contribution in [3.63, 3.8) is 0 Å². The van der Waals surface area contributed by atoms with Crippen molar-refractivity contribution in [2.75, 3.05) is 32.2 Å². The fourth-order valence-corrected chi connectivity index (χ4v) is 2.53. The van der Waals surface area contributed by atoms with Crippen LogP contribution in [0.25, 0.3) is 0 Å². The van der Waals surface area contributed by atoms with E-state index in [4.69, 9.17) is 0 Å². The zero-order chi connectivity index (χ0) is 14.8. The summed E-state index contributed by atoms with van der Waals surface area (Å²) in [6.07, 6.45) is 11.7. The van der Waals surface area contributed by atoms with Gasteiger partial charge in [0, 0.05) is 4.91 Å². The highest BCUT2D eigenvalue weighted by Gasteiger charge is 1.93. The Bertz CT molecular complexity index is 238. The number of carbonyl (C=O) groups is 1. The molecule has 0 bridgehead atoms. The second kappa shape index (κ2) is 20.2. The van der Waals surface area contributed by atoms with Gasteiger partial charge >= 0.3 is 0 Å². The number of carbonyl (C=O) groups excluding carboxylic acids is 1. The maximum Gasteiger partial charge on any atom is 0.156 e. The van der Waals surface area contributed by atoms with Crippen LogP contribution in [0.3, 0.4) is 0 Å². The smallest absolute Gasteiger partial charge is 0.156 e. The normalized spacial score (nSPS) is 11.9. The summed E-state index contributed by atoms with van der Waals surface area (Å²) < 4.78 is 0. The van der Waals surface area contributed by atoms with Gasteiger partial charge in [0.25, 0.3) is 0 Å². The highest BCUT2D eigenvalue weighted by atomic mass is 32.2. The van der Waals surface area contributed by atoms with Crippen molar-refractivity contribution in [1.29, 1.82) is 0 Å². The van der Waals surface area contributed by atoms with Gasteiger partial charge in [-0.25, -0.2) is 0 Å². The number of hydrogen-bond acceptors (Lipinski definition) is 3. The molecule has 0 aromatic rings. The van der Waals surface area contributed by atoms with E-state index in [1.807, 2.05) is 32.2 Å². The molecule has 2 nitrogen and oxygen atoms in total. The molecule has 0 aromatic heterocycles. The van der Waals surface area contributed by atoms with Gasteiger partial charge in [0.1, 0.15) is 0 Å². The lowest BCUT2D eigenvalue weighted by Gasteiger charge is -1.96. The molecule has 0 aromatic carbocycles. The standard InChI is InChI=1S/C10H16OS.C5H14NP/c1-3-5-7-10(9-11)12-8-6-4-2;1-6-4-3-5-7-2/h3,5,7,9H,4,6,8H2,1-2H3;6-7H,3-5H2,1-2H3/b5-3-,10-7-;. The van der Waals surface area contributed by atoms with Gasteiger partial charge in [-0.3, -0.25) is 4.79 Å². The molecule has 112 valence electrons.